The van der Waals surface area contributed by atoms with E-state index in [9.17, 15) is 9.18 Å². The number of nitrogens with zero attached hydrogens (tertiary/aromatic N) is 2. The number of aliphatic hydroxyl groups is 1. The number of hydrogen-bond donors (Lipinski definition) is 1. The maximum Gasteiger partial charge on any atom is 0.223 e. The quantitative estimate of drug-likeness (QED) is 0.539. The second-order valence-electron chi connectivity index (χ2n) is 9.69. The highest BCUT2D eigenvalue weighted by molar-refractivity contribution is 5.79. The second kappa shape index (κ2) is 11.4. The summed E-state index contributed by atoms with van der Waals surface area (Å²) in [6.45, 7) is 9.21. The van der Waals surface area contributed by atoms with Crippen LogP contribution in [0.1, 0.15) is 45.1 Å². The minimum absolute atomic E-state index is 0.0719. The van der Waals surface area contributed by atoms with Crippen LogP contribution in [0.15, 0.2) is 36.4 Å². The molecule has 7 heteroatoms. The van der Waals surface area contributed by atoms with Gasteiger partial charge in [0.15, 0.2) is 0 Å². The van der Waals surface area contributed by atoms with Gasteiger partial charge in [-0.05, 0) is 87.0 Å². The standard InChI is InChI=1S/C28H37FN2O4/c1-3-34-24-16-21(17-25(35-4-2)27(24)22-6-8-23(29)9-7-22)19-30-13-10-28(11-14-30)18-26(33)31(20-28)12-5-15-32/h6-9,16-17,32H,3-5,10-15,18-20H2,1-2H3. The number of halogens is 1. The highest BCUT2D eigenvalue weighted by atomic mass is 19.1. The number of rotatable bonds is 10. The third-order valence-electron chi connectivity index (χ3n) is 7.17. The minimum Gasteiger partial charge on any atom is -0.493 e. The number of amides is 1. The van der Waals surface area contributed by atoms with Crippen molar-refractivity contribution in [3.05, 3.63) is 47.8 Å². The molecule has 190 valence electrons. The van der Waals surface area contributed by atoms with Crippen LogP contribution in [0.25, 0.3) is 11.1 Å². The summed E-state index contributed by atoms with van der Waals surface area (Å²) in [6.07, 6.45) is 3.27. The van der Waals surface area contributed by atoms with Crippen molar-refractivity contribution in [2.45, 2.75) is 46.1 Å². The topological polar surface area (TPSA) is 62.2 Å². The van der Waals surface area contributed by atoms with Crippen molar-refractivity contribution in [2.75, 3.05) is 46.0 Å². The van der Waals surface area contributed by atoms with Crippen LogP contribution in [0, 0.1) is 11.2 Å². The van der Waals surface area contributed by atoms with Gasteiger partial charge in [-0.1, -0.05) is 12.1 Å². The number of likely N-dealkylation sites (tertiary alicyclic amines) is 2. The Hall–Kier alpha value is -2.64. The molecule has 0 atom stereocenters. The first kappa shape index (κ1) is 25.5. The third kappa shape index (κ3) is 5.96. The number of carbonyl (C=O) groups is 1. The Morgan fingerprint density at radius 2 is 1.66 bits per heavy atom. The molecule has 1 spiro atoms. The predicted molar refractivity (Wildman–Crippen MR) is 134 cm³/mol. The second-order valence-corrected chi connectivity index (χ2v) is 9.69. The van der Waals surface area contributed by atoms with E-state index in [4.69, 9.17) is 14.6 Å². The van der Waals surface area contributed by atoms with E-state index in [1.807, 2.05) is 18.7 Å². The van der Waals surface area contributed by atoms with Crippen LogP contribution < -0.4 is 9.47 Å². The fourth-order valence-corrected chi connectivity index (χ4v) is 5.40. The molecule has 2 aromatic carbocycles. The summed E-state index contributed by atoms with van der Waals surface area (Å²) in [5, 5.41) is 9.11. The van der Waals surface area contributed by atoms with Gasteiger partial charge in [0.25, 0.3) is 0 Å². The van der Waals surface area contributed by atoms with Crippen LogP contribution in [0.5, 0.6) is 11.5 Å². The van der Waals surface area contributed by atoms with Crippen LogP contribution in [0.4, 0.5) is 4.39 Å². The van der Waals surface area contributed by atoms with Crippen molar-refractivity contribution in [3.8, 4) is 22.6 Å². The lowest BCUT2D eigenvalue weighted by Gasteiger charge is -2.39. The monoisotopic (exact) mass is 484 g/mol. The molecule has 6 nitrogen and oxygen atoms in total. The Balaban J connectivity index is 1.49. The average Bonchev–Trinajstić information content (AvgIpc) is 3.15. The van der Waals surface area contributed by atoms with E-state index >= 15 is 0 Å². The summed E-state index contributed by atoms with van der Waals surface area (Å²) >= 11 is 0. The fraction of sp³-hybridized carbons (Fsp3) is 0.536. The van der Waals surface area contributed by atoms with Crippen LogP contribution >= 0.6 is 0 Å². The van der Waals surface area contributed by atoms with Gasteiger partial charge in [0, 0.05) is 32.7 Å². The molecule has 0 radical (unpaired) electrons. The molecule has 0 aliphatic carbocycles. The molecular weight excluding hydrogens is 447 g/mol. The third-order valence-corrected chi connectivity index (χ3v) is 7.17. The van der Waals surface area contributed by atoms with Crippen LogP contribution in [0.3, 0.4) is 0 Å². The van der Waals surface area contributed by atoms with E-state index < -0.39 is 0 Å². The summed E-state index contributed by atoms with van der Waals surface area (Å²) in [5.74, 6) is 1.44. The Labute approximate surface area is 207 Å². The zero-order valence-electron chi connectivity index (χ0n) is 20.9. The van der Waals surface area contributed by atoms with E-state index in [0.717, 1.165) is 67.2 Å². The molecule has 35 heavy (non-hydrogen) atoms. The van der Waals surface area contributed by atoms with E-state index in [1.54, 1.807) is 12.1 Å². The van der Waals surface area contributed by atoms with Gasteiger partial charge < -0.3 is 19.5 Å². The molecule has 1 N–H and O–H groups in total. The van der Waals surface area contributed by atoms with Crippen molar-refractivity contribution < 1.29 is 23.8 Å². The zero-order chi connectivity index (χ0) is 24.8. The molecule has 0 bridgehead atoms. The first-order valence-corrected chi connectivity index (χ1v) is 12.8. The van der Waals surface area contributed by atoms with Gasteiger partial charge >= 0.3 is 0 Å². The van der Waals surface area contributed by atoms with Gasteiger partial charge in [0.1, 0.15) is 17.3 Å². The normalized spacial score (nSPS) is 17.8. The number of piperidine rings is 1. The lowest BCUT2D eigenvalue weighted by atomic mass is 9.77. The minimum atomic E-state index is -0.273. The number of benzene rings is 2. The molecule has 2 saturated heterocycles. The summed E-state index contributed by atoms with van der Waals surface area (Å²) in [4.78, 5) is 16.8. The zero-order valence-corrected chi connectivity index (χ0v) is 20.9. The van der Waals surface area contributed by atoms with Gasteiger partial charge in [-0.2, -0.15) is 0 Å². The molecule has 0 aromatic heterocycles. The Morgan fingerprint density at radius 3 is 2.23 bits per heavy atom. The molecule has 0 saturated carbocycles. The van der Waals surface area contributed by atoms with Crippen molar-refractivity contribution in [1.82, 2.24) is 9.80 Å². The molecule has 2 aromatic rings. The van der Waals surface area contributed by atoms with E-state index in [2.05, 4.69) is 17.0 Å². The van der Waals surface area contributed by atoms with Crippen molar-refractivity contribution in [3.63, 3.8) is 0 Å². The van der Waals surface area contributed by atoms with Crippen molar-refractivity contribution in [1.29, 1.82) is 0 Å². The lowest BCUT2D eigenvalue weighted by molar-refractivity contribution is -0.128. The highest BCUT2D eigenvalue weighted by Gasteiger charge is 2.44. The van der Waals surface area contributed by atoms with Crippen molar-refractivity contribution in [2.24, 2.45) is 5.41 Å². The molecule has 2 aliphatic rings. The molecule has 1 amide bonds. The van der Waals surface area contributed by atoms with Crippen molar-refractivity contribution >= 4 is 5.91 Å². The van der Waals surface area contributed by atoms with Gasteiger partial charge in [-0.15, -0.1) is 0 Å². The summed E-state index contributed by atoms with van der Waals surface area (Å²) < 4.78 is 25.6. The summed E-state index contributed by atoms with van der Waals surface area (Å²) in [7, 11) is 0. The molecule has 2 heterocycles. The Kier molecular flexibility index (Phi) is 8.29. The molecule has 4 rings (SSSR count). The van der Waals surface area contributed by atoms with Gasteiger partial charge in [0.05, 0.1) is 18.8 Å². The van der Waals surface area contributed by atoms with Crippen LogP contribution in [-0.2, 0) is 11.3 Å². The molecule has 2 fully saturated rings. The Bertz CT molecular complexity index is 976. The summed E-state index contributed by atoms with van der Waals surface area (Å²) in [5.41, 5.74) is 2.90. The summed E-state index contributed by atoms with van der Waals surface area (Å²) in [6, 6.07) is 10.6. The molecular formula is C28H37FN2O4. The number of ether oxygens (including phenoxy) is 2. The first-order chi connectivity index (χ1) is 17.0. The van der Waals surface area contributed by atoms with Gasteiger partial charge in [0.2, 0.25) is 5.91 Å². The highest BCUT2D eigenvalue weighted by Crippen LogP contribution is 2.43. The van der Waals surface area contributed by atoms with E-state index in [-0.39, 0.29) is 23.7 Å². The smallest absolute Gasteiger partial charge is 0.223 e. The van der Waals surface area contributed by atoms with Gasteiger partial charge in [-0.3, -0.25) is 9.69 Å². The number of aliphatic hydroxyl groups excluding tert-OH is 1. The molecule has 0 unspecified atom stereocenters. The average molecular weight is 485 g/mol. The lowest BCUT2D eigenvalue weighted by Crippen LogP contribution is -2.41. The van der Waals surface area contributed by atoms with E-state index in [0.29, 0.717) is 32.6 Å². The first-order valence-electron chi connectivity index (χ1n) is 12.8. The SMILES string of the molecule is CCOc1cc(CN2CCC3(CC2)CC(=O)N(CCCO)C3)cc(OCC)c1-c1ccc(F)cc1. The Morgan fingerprint density at radius 1 is 1.03 bits per heavy atom. The maximum atomic E-state index is 13.5. The maximum absolute atomic E-state index is 13.5. The van der Waals surface area contributed by atoms with Crippen LogP contribution in [-0.4, -0.2) is 66.8 Å². The number of carbonyl (C=O) groups excluding carboxylic acids is 1. The number of hydrogen-bond acceptors (Lipinski definition) is 5. The van der Waals surface area contributed by atoms with Crippen LogP contribution in [0.2, 0.25) is 0 Å². The fourth-order valence-electron chi connectivity index (χ4n) is 5.40. The van der Waals surface area contributed by atoms with E-state index in [1.165, 1.54) is 12.1 Å². The molecule has 2 aliphatic heterocycles. The van der Waals surface area contributed by atoms with Gasteiger partial charge in [-0.25, -0.2) is 4.39 Å². The largest absolute Gasteiger partial charge is 0.493 e. The predicted octanol–water partition coefficient (Wildman–Crippen LogP) is 4.49.